The molecule has 1 rings (SSSR count). The van der Waals surface area contributed by atoms with E-state index in [2.05, 4.69) is 24.1 Å². The summed E-state index contributed by atoms with van der Waals surface area (Å²) in [4.78, 5) is 4.24. The zero-order valence-electron chi connectivity index (χ0n) is 12.3. The molecule has 6 heteroatoms. The van der Waals surface area contributed by atoms with Crippen LogP contribution in [0, 0.1) is 5.92 Å². The molecule has 1 heterocycles. The van der Waals surface area contributed by atoms with Gasteiger partial charge in [-0.15, -0.1) is 11.3 Å². The number of hydrogen-bond acceptors (Lipinski definition) is 3. The molecule has 2 nitrogen and oxygen atoms in total. The minimum Gasteiger partial charge on any atom is -0.309 e. The molecule has 1 aromatic rings. The lowest BCUT2D eigenvalue weighted by Gasteiger charge is -2.26. The average Bonchev–Trinajstić information content (AvgIpc) is 2.87. The first-order chi connectivity index (χ1) is 9.43. The lowest BCUT2D eigenvalue weighted by molar-refractivity contribution is -0.137. The fourth-order valence-corrected chi connectivity index (χ4v) is 3.31. The maximum atomic E-state index is 12.7. The minimum absolute atomic E-state index is 0.0230. The smallest absolute Gasteiger partial charge is 0.309 e. The van der Waals surface area contributed by atoms with Crippen LogP contribution in [-0.4, -0.2) is 11.5 Å². The van der Waals surface area contributed by atoms with Gasteiger partial charge in [0.2, 0.25) is 0 Å². The summed E-state index contributed by atoms with van der Waals surface area (Å²) in [6.45, 7) is 6.94. The van der Waals surface area contributed by atoms with E-state index in [0.29, 0.717) is 10.8 Å². The third kappa shape index (κ3) is 4.74. The Hall–Kier alpha value is -0.620. The standard InChI is InChI=1S/C14H23F3N2S/c1-4-7-8-10(5-2)12(18-6-3)11-9-19-13(20-11)14(15,16)17/h9-10,12,18H,4-8H2,1-3H3. The molecule has 0 bridgehead atoms. The SMILES string of the molecule is CCCCC(CC)C(NCC)c1cnc(C(F)(F)F)s1. The highest BCUT2D eigenvalue weighted by Crippen LogP contribution is 2.37. The molecule has 0 radical (unpaired) electrons. The van der Waals surface area contributed by atoms with Crippen molar-refractivity contribution in [1.29, 1.82) is 0 Å². The number of hydrogen-bond donors (Lipinski definition) is 1. The fourth-order valence-electron chi connectivity index (χ4n) is 2.35. The number of unbranched alkanes of at least 4 members (excludes halogenated alkanes) is 1. The van der Waals surface area contributed by atoms with E-state index < -0.39 is 11.2 Å². The monoisotopic (exact) mass is 308 g/mol. The van der Waals surface area contributed by atoms with Gasteiger partial charge in [-0.25, -0.2) is 4.98 Å². The first-order valence-corrected chi connectivity index (χ1v) is 8.01. The van der Waals surface area contributed by atoms with Gasteiger partial charge in [0.15, 0.2) is 5.01 Å². The Morgan fingerprint density at radius 2 is 2.00 bits per heavy atom. The zero-order valence-corrected chi connectivity index (χ0v) is 13.1. The highest BCUT2D eigenvalue weighted by Gasteiger charge is 2.35. The van der Waals surface area contributed by atoms with E-state index in [0.717, 1.165) is 43.6 Å². The number of alkyl halides is 3. The van der Waals surface area contributed by atoms with Crippen LogP contribution in [0.2, 0.25) is 0 Å². The summed E-state index contributed by atoms with van der Waals surface area (Å²) in [6, 6.07) is -0.0230. The van der Waals surface area contributed by atoms with Crippen molar-refractivity contribution in [2.75, 3.05) is 6.54 Å². The summed E-state index contributed by atoms with van der Waals surface area (Å²) in [5.41, 5.74) is 0. The molecular weight excluding hydrogens is 285 g/mol. The lowest BCUT2D eigenvalue weighted by atomic mass is 9.90. The van der Waals surface area contributed by atoms with E-state index in [1.54, 1.807) is 0 Å². The van der Waals surface area contributed by atoms with Crippen LogP contribution in [0.1, 0.15) is 62.4 Å². The van der Waals surface area contributed by atoms with E-state index in [9.17, 15) is 13.2 Å². The van der Waals surface area contributed by atoms with E-state index in [-0.39, 0.29) is 6.04 Å². The van der Waals surface area contributed by atoms with Crippen LogP contribution in [-0.2, 0) is 6.18 Å². The van der Waals surface area contributed by atoms with Gasteiger partial charge in [0.25, 0.3) is 0 Å². The van der Waals surface area contributed by atoms with Crippen LogP contribution >= 0.6 is 11.3 Å². The normalized spacial score (nSPS) is 15.3. The zero-order chi connectivity index (χ0) is 15.2. The summed E-state index contributed by atoms with van der Waals surface area (Å²) < 4.78 is 38.0. The van der Waals surface area contributed by atoms with Gasteiger partial charge in [-0.05, 0) is 18.9 Å². The molecule has 0 spiro atoms. The predicted octanol–water partition coefficient (Wildman–Crippen LogP) is 5.03. The van der Waals surface area contributed by atoms with Crippen LogP contribution in [0.4, 0.5) is 13.2 Å². The van der Waals surface area contributed by atoms with Gasteiger partial charge in [0.05, 0.1) is 0 Å². The first-order valence-electron chi connectivity index (χ1n) is 7.20. The second-order valence-corrected chi connectivity index (χ2v) is 5.97. The fraction of sp³-hybridized carbons (Fsp3) is 0.786. The van der Waals surface area contributed by atoms with Crippen molar-refractivity contribution in [3.05, 3.63) is 16.1 Å². The topological polar surface area (TPSA) is 24.9 Å². The maximum Gasteiger partial charge on any atom is 0.443 e. The quantitative estimate of drug-likeness (QED) is 0.728. The Bertz CT molecular complexity index is 390. The Balaban J connectivity index is 2.91. The number of rotatable bonds is 8. The number of nitrogens with one attached hydrogen (secondary N) is 1. The van der Waals surface area contributed by atoms with Crippen LogP contribution in [0.5, 0.6) is 0 Å². The second kappa shape index (κ2) is 7.98. The highest BCUT2D eigenvalue weighted by atomic mass is 32.1. The molecule has 0 fully saturated rings. The molecule has 0 aliphatic heterocycles. The highest BCUT2D eigenvalue weighted by molar-refractivity contribution is 7.11. The Morgan fingerprint density at radius 3 is 2.45 bits per heavy atom. The van der Waals surface area contributed by atoms with Crippen LogP contribution in [0.15, 0.2) is 6.20 Å². The number of halogens is 3. The van der Waals surface area contributed by atoms with Crippen molar-refractivity contribution < 1.29 is 13.2 Å². The summed E-state index contributed by atoms with van der Waals surface area (Å²) in [6.07, 6.45) is 1.23. The molecule has 1 aromatic heterocycles. The molecule has 116 valence electrons. The van der Waals surface area contributed by atoms with Gasteiger partial charge in [-0.2, -0.15) is 13.2 Å². The lowest BCUT2D eigenvalue weighted by Crippen LogP contribution is -2.27. The first kappa shape index (κ1) is 17.4. The molecule has 0 aliphatic rings. The third-order valence-corrected chi connectivity index (χ3v) is 4.55. The molecule has 0 saturated heterocycles. The van der Waals surface area contributed by atoms with Crippen LogP contribution in [0.3, 0.4) is 0 Å². The van der Waals surface area contributed by atoms with Crippen molar-refractivity contribution in [3.63, 3.8) is 0 Å². The molecule has 20 heavy (non-hydrogen) atoms. The van der Waals surface area contributed by atoms with Crippen molar-refractivity contribution >= 4 is 11.3 Å². The summed E-state index contributed by atoms with van der Waals surface area (Å²) in [5.74, 6) is 0.358. The molecule has 2 unspecified atom stereocenters. The van der Waals surface area contributed by atoms with Gasteiger partial charge >= 0.3 is 6.18 Å². The average molecular weight is 308 g/mol. The molecule has 2 atom stereocenters. The van der Waals surface area contributed by atoms with Crippen LogP contribution < -0.4 is 5.32 Å². The maximum absolute atomic E-state index is 12.7. The Labute approximate surface area is 122 Å². The number of aromatic nitrogens is 1. The van der Waals surface area contributed by atoms with Gasteiger partial charge < -0.3 is 5.32 Å². The third-order valence-electron chi connectivity index (χ3n) is 3.42. The van der Waals surface area contributed by atoms with E-state index in [1.807, 2.05) is 6.92 Å². The van der Waals surface area contributed by atoms with Crippen molar-refractivity contribution in [2.45, 2.75) is 58.7 Å². The molecule has 0 aromatic carbocycles. The van der Waals surface area contributed by atoms with E-state index in [4.69, 9.17) is 0 Å². The van der Waals surface area contributed by atoms with Crippen LogP contribution in [0.25, 0.3) is 0 Å². The summed E-state index contributed by atoms with van der Waals surface area (Å²) >= 11 is 0.766. The Kier molecular flexibility index (Phi) is 6.95. The molecule has 0 saturated carbocycles. The second-order valence-electron chi connectivity index (χ2n) is 4.91. The van der Waals surface area contributed by atoms with E-state index in [1.165, 1.54) is 6.20 Å². The number of nitrogens with zero attached hydrogens (tertiary/aromatic N) is 1. The molecule has 0 aliphatic carbocycles. The molecule has 0 amide bonds. The summed E-state index contributed by atoms with van der Waals surface area (Å²) in [5, 5.41) is 2.58. The number of thiazole rings is 1. The van der Waals surface area contributed by atoms with E-state index >= 15 is 0 Å². The van der Waals surface area contributed by atoms with Gasteiger partial charge in [-0.1, -0.05) is 40.0 Å². The van der Waals surface area contributed by atoms with Crippen molar-refractivity contribution in [3.8, 4) is 0 Å². The summed E-state index contributed by atoms with van der Waals surface area (Å²) in [7, 11) is 0. The van der Waals surface area contributed by atoms with Gasteiger partial charge in [0.1, 0.15) is 0 Å². The van der Waals surface area contributed by atoms with Gasteiger partial charge in [-0.3, -0.25) is 0 Å². The largest absolute Gasteiger partial charge is 0.443 e. The predicted molar refractivity (Wildman–Crippen MR) is 76.8 cm³/mol. The van der Waals surface area contributed by atoms with Crippen molar-refractivity contribution in [2.24, 2.45) is 5.92 Å². The van der Waals surface area contributed by atoms with Crippen molar-refractivity contribution in [1.82, 2.24) is 10.3 Å². The molecule has 1 N–H and O–H groups in total. The minimum atomic E-state index is -4.34. The Morgan fingerprint density at radius 1 is 1.30 bits per heavy atom. The van der Waals surface area contributed by atoms with Gasteiger partial charge in [0, 0.05) is 17.1 Å². The molecular formula is C14H23F3N2S.